The average Bonchev–Trinajstić information content (AvgIpc) is 3.64. The number of thioether (sulfide) groups is 1. The minimum Gasteiger partial charge on any atom is -0.272 e. The Morgan fingerprint density at radius 1 is 1.09 bits per heavy atom. The SMILES string of the molecule is O=C(CSc1n[nH]c(=O)n1CCc1ccccc1)N1N=C(c2cccs2)CC1c1cccs1. The predicted molar refractivity (Wildman–Crippen MR) is 133 cm³/mol. The maximum atomic E-state index is 13.2. The van der Waals surface area contributed by atoms with Crippen LogP contribution in [-0.4, -0.2) is 37.1 Å². The first-order valence-corrected chi connectivity index (χ1v) is 13.2. The minimum absolute atomic E-state index is 0.102. The number of nitrogens with one attached hydrogen (secondary N) is 1. The minimum atomic E-state index is -0.267. The lowest BCUT2D eigenvalue weighted by molar-refractivity contribution is -0.130. The zero-order valence-electron chi connectivity index (χ0n) is 17.6. The number of nitrogens with zero attached hydrogens (tertiary/aromatic N) is 4. The van der Waals surface area contributed by atoms with E-state index in [4.69, 9.17) is 5.10 Å². The number of H-pyrrole nitrogens is 1. The molecule has 1 atom stereocenters. The number of hydrogen-bond donors (Lipinski definition) is 1. The number of aryl methyl sites for hydroxylation is 1. The Balaban J connectivity index is 1.29. The Labute approximate surface area is 202 Å². The summed E-state index contributed by atoms with van der Waals surface area (Å²) >= 11 is 4.52. The molecule has 0 fully saturated rings. The summed E-state index contributed by atoms with van der Waals surface area (Å²) in [6.45, 7) is 0.498. The van der Waals surface area contributed by atoms with Gasteiger partial charge in [0.15, 0.2) is 5.16 Å². The smallest absolute Gasteiger partial charge is 0.272 e. The lowest BCUT2D eigenvalue weighted by Gasteiger charge is -2.20. The van der Waals surface area contributed by atoms with E-state index in [1.165, 1.54) is 11.8 Å². The first-order chi connectivity index (χ1) is 16.2. The van der Waals surface area contributed by atoms with Crippen molar-refractivity contribution in [3.63, 3.8) is 0 Å². The highest BCUT2D eigenvalue weighted by Gasteiger charge is 2.34. The van der Waals surface area contributed by atoms with Gasteiger partial charge in [0, 0.05) is 17.8 Å². The van der Waals surface area contributed by atoms with Gasteiger partial charge in [-0.3, -0.25) is 9.36 Å². The average molecular weight is 496 g/mol. The molecule has 1 amide bonds. The van der Waals surface area contributed by atoms with Gasteiger partial charge in [0.2, 0.25) is 0 Å². The van der Waals surface area contributed by atoms with E-state index in [2.05, 4.69) is 10.2 Å². The van der Waals surface area contributed by atoms with Crippen LogP contribution in [-0.2, 0) is 17.8 Å². The summed E-state index contributed by atoms with van der Waals surface area (Å²) in [7, 11) is 0. The molecule has 10 heteroatoms. The van der Waals surface area contributed by atoms with Crippen molar-refractivity contribution in [3.05, 3.63) is 91.2 Å². The summed E-state index contributed by atoms with van der Waals surface area (Å²) in [4.78, 5) is 27.7. The van der Waals surface area contributed by atoms with Gasteiger partial charge in [0.25, 0.3) is 5.91 Å². The van der Waals surface area contributed by atoms with Crippen LogP contribution in [0.3, 0.4) is 0 Å². The molecule has 1 aliphatic rings. The van der Waals surface area contributed by atoms with Gasteiger partial charge in [-0.1, -0.05) is 54.2 Å². The molecular formula is C23H21N5O2S3. The Bertz CT molecular complexity index is 1290. The second kappa shape index (κ2) is 9.90. The molecule has 0 saturated carbocycles. The molecule has 3 aromatic heterocycles. The number of aromatic nitrogens is 3. The lowest BCUT2D eigenvalue weighted by Crippen LogP contribution is -2.28. The van der Waals surface area contributed by atoms with Gasteiger partial charge in [-0.25, -0.2) is 14.9 Å². The number of carbonyl (C=O) groups is 1. The largest absolute Gasteiger partial charge is 0.343 e. The highest BCUT2D eigenvalue weighted by Crippen LogP contribution is 2.36. The fourth-order valence-electron chi connectivity index (χ4n) is 3.72. The van der Waals surface area contributed by atoms with Crippen molar-refractivity contribution in [1.82, 2.24) is 19.8 Å². The zero-order valence-corrected chi connectivity index (χ0v) is 20.0. The molecule has 1 N–H and O–H groups in total. The summed E-state index contributed by atoms with van der Waals surface area (Å²) in [6, 6.07) is 18.0. The van der Waals surface area contributed by atoms with Gasteiger partial charge in [-0.15, -0.1) is 27.8 Å². The third kappa shape index (κ3) is 4.87. The second-order valence-electron chi connectivity index (χ2n) is 7.48. The number of hydrazone groups is 1. The molecule has 5 rings (SSSR count). The van der Waals surface area contributed by atoms with E-state index in [0.717, 1.165) is 21.0 Å². The fraction of sp³-hybridized carbons (Fsp3) is 0.217. The number of amides is 1. The van der Waals surface area contributed by atoms with Crippen LogP contribution in [0.4, 0.5) is 0 Å². The third-order valence-corrected chi connectivity index (χ3v) is 8.21. The van der Waals surface area contributed by atoms with Crippen LogP contribution in [0.15, 0.2) is 80.4 Å². The highest BCUT2D eigenvalue weighted by molar-refractivity contribution is 7.99. The van der Waals surface area contributed by atoms with Gasteiger partial charge in [0.05, 0.1) is 22.4 Å². The molecular weight excluding hydrogens is 474 g/mol. The van der Waals surface area contributed by atoms with Crippen molar-refractivity contribution >= 4 is 46.1 Å². The quantitative estimate of drug-likeness (QED) is 0.367. The number of aromatic amines is 1. The van der Waals surface area contributed by atoms with E-state index in [-0.39, 0.29) is 23.4 Å². The van der Waals surface area contributed by atoms with E-state index < -0.39 is 0 Å². The first-order valence-electron chi connectivity index (χ1n) is 10.5. The maximum Gasteiger partial charge on any atom is 0.343 e. The Hall–Kier alpha value is -2.95. The molecule has 0 aliphatic carbocycles. The van der Waals surface area contributed by atoms with Crippen LogP contribution in [0.5, 0.6) is 0 Å². The number of hydrogen-bond acceptors (Lipinski definition) is 7. The number of thiophene rings is 2. The van der Waals surface area contributed by atoms with Gasteiger partial charge < -0.3 is 0 Å². The van der Waals surface area contributed by atoms with Crippen LogP contribution in [0.2, 0.25) is 0 Å². The summed E-state index contributed by atoms with van der Waals surface area (Å²) in [5.74, 6) is 0.0497. The van der Waals surface area contributed by atoms with Crippen LogP contribution >= 0.6 is 34.4 Å². The van der Waals surface area contributed by atoms with Crippen molar-refractivity contribution in [2.24, 2.45) is 5.10 Å². The molecule has 168 valence electrons. The number of benzene rings is 1. The van der Waals surface area contributed by atoms with Crippen LogP contribution < -0.4 is 5.69 Å². The summed E-state index contributed by atoms with van der Waals surface area (Å²) in [6.07, 6.45) is 1.41. The first kappa shape index (κ1) is 21.9. The molecule has 1 aromatic carbocycles. The standard InChI is InChI=1S/C23H21N5O2S3/c29-21(15-33-23-25-24-22(30)27(23)11-10-16-6-2-1-3-7-16)28-18(20-9-5-13-32-20)14-17(26-28)19-8-4-12-31-19/h1-9,12-13,18H,10-11,14-15H2,(H,24,30). The Morgan fingerprint density at radius 3 is 2.67 bits per heavy atom. The molecule has 7 nitrogen and oxygen atoms in total. The van der Waals surface area contributed by atoms with E-state index in [0.29, 0.717) is 24.5 Å². The molecule has 0 radical (unpaired) electrons. The van der Waals surface area contributed by atoms with E-state index in [1.54, 1.807) is 32.2 Å². The zero-order chi connectivity index (χ0) is 22.6. The topological polar surface area (TPSA) is 83.3 Å². The van der Waals surface area contributed by atoms with Crippen molar-refractivity contribution < 1.29 is 4.79 Å². The monoisotopic (exact) mass is 495 g/mol. The molecule has 0 spiro atoms. The Morgan fingerprint density at radius 2 is 1.91 bits per heavy atom. The molecule has 4 heterocycles. The molecule has 33 heavy (non-hydrogen) atoms. The summed E-state index contributed by atoms with van der Waals surface area (Å²) < 4.78 is 1.59. The van der Waals surface area contributed by atoms with Crippen LogP contribution in [0.25, 0.3) is 0 Å². The van der Waals surface area contributed by atoms with Gasteiger partial charge in [-0.05, 0) is 34.9 Å². The summed E-state index contributed by atoms with van der Waals surface area (Å²) in [5.41, 5.74) is 1.81. The fourth-order valence-corrected chi connectivity index (χ4v) is 6.08. The van der Waals surface area contributed by atoms with Crippen molar-refractivity contribution in [2.75, 3.05) is 5.75 Å². The number of rotatable bonds is 8. The van der Waals surface area contributed by atoms with Crippen LogP contribution in [0.1, 0.15) is 27.8 Å². The molecule has 1 unspecified atom stereocenters. The molecule has 0 bridgehead atoms. The van der Waals surface area contributed by atoms with Gasteiger partial charge in [-0.2, -0.15) is 5.10 Å². The van der Waals surface area contributed by atoms with Gasteiger partial charge >= 0.3 is 5.69 Å². The third-order valence-electron chi connectivity index (χ3n) is 5.36. The number of carbonyl (C=O) groups excluding carboxylic acids is 1. The van der Waals surface area contributed by atoms with Gasteiger partial charge in [0.1, 0.15) is 0 Å². The maximum absolute atomic E-state index is 13.2. The highest BCUT2D eigenvalue weighted by atomic mass is 32.2. The Kier molecular flexibility index (Phi) is 6.56. The molecule has 1 aliphatic heterocycles. The second-order valence-corrected chi connectivity index (χ2v) is 10.4. The normalized spacial score (nSPS) is 15.7. The van der Waals surface area contributed by atoms with E-state index in [1.807, 2.05) is 65.4 Å². The van der Waals surface area contributed by atoms with Crippen LogP contribution in [0, 0.1) is 0 Å². The summed E-state index contributed by atoms with van der Waals surface area (Å²) in [5, 5.41) is 17.5. The van der Waals surface area contributed by atoms with Crippen molar-refractivity contribution in [2.45, 2.75) is 30.6 Å². The molecule has 0 saturated heterocycles. The van der Waals surface area contributed by atoms with E-state index in [9.17, 15) is 9.59 Å². The predicted octanol–water partition coefficient (Wildman–Crippen LogP) is 4.41. The lowest BCUT2D eigenvalue weighted by atomic mass is 10.1. The van der Waals surface area contributed by atoms with Crippen molar-refractivity contribution in [3.8, 4) is 0 Å². The van der Waals surface area contributed by atoms with Crippen molar-refractivity contribution in [1.29, 1.82) is 0 Å². The van der Waals surface area contributed by atoms with E-state index >= 15 is 0 Å². The molecule has 4 aromatic rings.